The van der Waals surface area contributed by atoms with Gasteiger partial charge in [-0.3, -0.25) is 9.69 Å². The fourth-order valence-electron chi connectivity index (χ4n) is 2.94. The van der Waals surface area contributed by atoms with Crippen molar-refractivity contribution >= 4 is 11.6 Å². The smallest absolute Gasteiger partial charge is 0.224 e. The van der Waals surface area contributed by atoms with Gasteiger partial charge in [-0.1, -0.05) is 12.1 Å². The van der Waals surface area contributed by atoms with E-state index in [1.165, 1.54) is 11.1 Å². The predicted molar refractivity (Wildman–Crippen MR) is 76.3 cm³/mol. The monoisotopic (exact) mass is 259 g/mol. The molecule has 1 fully saturated rings. The van der Waals surface area contributed by atoms with Gasteiger partial charge in [0.2, 0.25) is 5.91 Å². The summed E-state index contributed by atoms with van der Waals surface area (Å²) in [5, 5.41) is 6.33. The third-order valence-corrected chi connectivity index (χ3v) is 4.21. The molecular weight excluding hydrogens is 238 g/mol. The number of aryl methyl sites for hydroxylation is 1. The van der Waals surface area contributed by atoms with E-state index in [1.807, 2.05) is 0 Å². The van der Waals surface area contributed by atoms with Crippen molar-refractivity contribution in [2.24, 2.45) is 0 Å². The van der Waals surface area contributed by atoms with Crippen LogP contribution >= 0.6 is 0 Å². The van der Waals surface area contributed by atoms with Gasteiger partial charge in [0.05, 0.1) is 0 Å². The number of fused-ring (bicyclic) bond motifs is 1. The van der Waals surface area contributed by atoms with Crippen molar-refractivity contribution in [3.63, 3.8) is 0 Å². The van der Waals surface area contributed by atoms with Crippen molar-refractivity contribution in [1.82, 2.24) is 10.2 Å². The molecule has 1 aromatic carbocycles. The summed E-state index contributed by atoms with van der Waals surface area (Å²) in [7, 11) is 0. The molecule has 0 radical (unpaired) electrons. The zero-order valence-electron chi connectivity index (χ0n) is 11.4. The Morgan fingerprint density at radius 1 is 1.21 bits per heavy atom. The first-order valence-electron chi connectivity index (χ1n) is 7.11. The zero-order valence-corrected chi connectivity index (χ0v) is 11.4. The van der Waals surface area contributed by atoms with Crippen LogP contribution < -0.4 is 10.6 Å². The van der Waals surface area contributed by atoms with Crippen molar-refractivity contribution in [3.8, 4) is 0 Å². The van der Waals surface area contributed by atoms with Crippen LogP contribution in [-0.4, -0.2) is 37.0 Å². The van der Waals surface area contributed by atoms with Gasteiger partial charge in [-0.2, -0.15) is 0 Å². The summed E-state index contributed by atoms with van der Waals surface area (Å²) in [5.74, 6) is 0.135. The molecule has 0 bridgehead atoms. The minimum absolute atomic E-state index is 0.135. The van der Waals surface area contributed by atoms with Crippen LogP contribution in [0, 0.1) is 0 Å². The molecule has 3 rings (SSSR count). The number of anilines is 1. The number of carbonyl (C=O) groups is 1. The standard InChI is InChI=1S/C15H21N3O/c1-11(18-8-6-16-7-9-18)12-2-4-14-13(10-12)3-5-15(19)17-14/h2,4,10-11,16H,3,5-9H2,1H3,(H,17,19). The normalized spacial score (nSPS) is 21.6. The molecule has 0 aliphatic carbocycles. The van der Waals surface area contributed by atoms with Crippen LogP contribution in [0.5, 0.6) is 0 Å². The Balaban J connectivity index is 1.79. The fraction of sp³-hybridized carbons (Fsp3) is 0.533. The van der Waals surface area contributed by atoms with E-state index in [9.17, 15) is 4.79 Å². The second-order valence-electron chi connectivity index (χ2n) is 5.43. The van der Waals surface area contributed by atoms with Gasteiger partial charge in [-0.05, 0) is 30.5 Å². The van der Waals surface area contributed by atoms with Crippen LogP contribution in [0.25, 0.3) is 0 Å². The average Bonchev–Trinajstić information content (AvgIpc) is 2.47. The van der Waals surface area contributed by atoms with Gasteiger partial charge in [0.1, 0.15) is 0 Å². The highest BCUT2D eigenvalue weighted by Gasteiger charge is 2.20. The third kappa shape index (κ3) is 2.65. The molecule has 2 aliphatic heterocycles. The van der Waals surface area contributed by atoms with E-state index in [-0.39, 0.29) is 5.91 Å². The summed E-state index contributed by atoms with van der Waals surface area (Å²) in [4.78, 5) is 13.9. The van der Waals surface area contributed by atoms with Gasteiger partial charge in [0.15, 0.2) is 0 Å². The van der Waals surface area contributed by atoms with E-state index in [0.717, 1.165) is 38.3 Å². The number of carbonyl (C=O) groups excluding carboxylic acids is 1. The van der Waals surface area contributed by atoms with Crippen LogP contribution in [-0.2, 0) is 11.2 Å². The summed E-state index contributed by atoms with van der Waals surface area (Å²) < 4.78 is 0. The summed E-state index contributed by atoms with van der Waals surface area (Å²) >= 11 is 0. The number of amides is 1. The fourth-order valence-corrected chi connectivity index (χ4v) is 2.94. The van der Waals surface area contributed by atoms with E-state index < -0.39 is 0 Å². The summed E-state index contributed by atoms with van der Waals surface area (Å²) in [6.07, 6.45) is 1.47. The van der Waals surface area contributed by atoms with Crippen LogP contribution in [0.2, 0.25) is 0 Å². The number of hydrogen-bond acceptors (Lipinski definition) is 3. The van der Waals surface area contributed by atoms with Crippen molar-refractivity contribution in [1.29, 1.82) is 0 Å². The highest BCUT2D eigenvalue weighted by Crippen LogP contribution is 2.28. The second-order valence-corrected chi connectivity index (χ2v) is 5.43. The number of nitrogens with zero attached hydrogens (tertiary/aromatic N) is 1. The Kier molecular flexibility index (Phi) is 3.53. The van der Waals surface area contributed by atoms with Crippen LogP contribution in [0.15, 0.2) is 18.2 Å². The van der Waals surface area contributed by atoms with Crippen molar-refractivity contribution in [3.05, 3.63) is 29.3 Å². The molecule has 1 atom stereocenters. The van der Waals surface area contributed by atoms with Gasteiger partial charge >= 0.3 is 0 Å². The first-order chi connectivity index (χ1) is 9.24. The van der Waals surface area contributed by atoms with Crippen molar-refractivity contribution < 1.29 is 4.79 Å². The topological polar surface area (TPSA) is 44.4 Å². The van der Waals surface area contributed by atoms with Gasteiger partial charge in [-0.15, -0.1) is 0 Å². The van der Waals surface area contributed by atoms with E-state index in [0.29, 0.717) is 12.5 Å². The van der Waals surface area contributed by atoms with E-state index >= 15 is 0 Å². The Hall–Kier alpha value is -1.39. The van der Waals surface area contributed by atoms with Gasteiger partial charge < -0.3 is 10.6 Å². The van der Waals surface area contributed by atoms with E-state index in [4.69, 9.17) is 0 Å². The number of hydrogen-bond donors (Lipinski definition) is 2. The molecular formula is C15H21N3O. The third-order valence-electron chi connectivity index (χ3n) is 4.21. The quantitative estimate of drug-likeness (QED) is 0.846. The minimum atomic E-state index is 0.135. The molecule has 0 saturated carbocycles. The molecule has 2 N–H and O–H groups in total. The molecule has 4 nitrogen and oxygen atoms in total. The minimum Gasteiger partial charge on any atom is -0.326 e. The Morgan fingerprint density at radius 3 is 2.79 bits per heavy atom. The number of nitrogens with one attached hydrogen (secondary N) is 2. The number of benzene rings is 1. The lowest BCUT2D eigenvalue weighted by molar-refractivity contribution is -0.116. The first-order valence-corrected chi connectivity index (χ1v) is 7.11. The summed E-state index contributed by atoms with van der Waals surface area (Å²) in [6.45, 7) is 6.63. The second kappa shape index (κ2) is 5.31. The molecule has 1 saturated heterocycles. The highest BCUT2D eigenvalue weighted by molar-refractivity contribution is 5.93. The summed E-state index contributed by atoms with van der Waals surface area (Å²) in [5.41, 5.74) is 3.63. The lowest BCUT2D eigenvalue weighted by Gasteiger charge is -2.33. The summed E-state index contributed by atoms with van der Waals surface area (Å²) in [6, 6.07) is 6.92. The van der Waals surface area contributed by atoms with Gasteiger partial charge in [0, 0.05) is 44.3 Å². The molecule has 2 aliphatic rings. The SMILES string of the molecule is CC(c1ccc2c(c1)CCC(=O)N2)N1CCNCC1. The molecule has 19 heavy (non-hydrogen) atoms. The van der Waals surface area contributed by atoms with Gasteiger partial charge in [-0.25, -0.2) is 0 Å². The van der Waals surface area contributed by atoms with Crippen molar-refractivity contribution in [2.45, 2.75) is 25.8 Å². The van der Waals surface area contributed by atoms with Crippen LogP contribution in [0.1, 0.15) is 30.5 Å². The molecule has 1 amide bonds. The maximum Gasteiger partial charge on any atom is 0.224 e. The van der Waals surface area contributed by atoms with Crippen LogP contribution in [0.4, 0.5) is 5.69 Å². The molecule has 1 aromatic rings. The van der Waals surface area contributed by atoms with E-state index in [2.05, 4.69) is 40.7 Å². The molecule has 0 aromatic heterocycles. The Morgan fingerprint density at radius 2 is 2.00 bits per heavy atom. The zero-order chi connectivity index (χ0) is 13.2. The number of rotatable bonds is 2. The van der Waals surface area contributed by atoms with E-state index in [1.54, 1.807) is 0 Å². The Labute approximate surface area is 114 Å². The molecule has 4 heteroatoms. The lowest BCUT2D eigenvalue weighted by atomic mass is 9.97. The van der Waals surface area contributed by atoms with Crippen LogP contribution in [0.3, 0.4) is 0 Å². The molecule has 1 unspecified atom stereocenters. The molecule has 0 spiro atoms. The largest absolute Gasteiger partial charge is 0.326 e. The maximum absolute atomic E-state index is 11.4. The maximum atomic E-state index is 11.4. The molecule has 2 heterocycles. The predicted octanol–water partition coefficient (Wildman–Crippen LogP) is 1.54. The molecule has 102 valence electrons. The average molecular weight is 259 g/mol. The Bertz CT molecular complexity index is 480. The van der Waals surface area contributed by atoms with Crippen molar-refractivity contribution in [2.75, 3.05) is 31.5 Å². The number of piperazine rings is 1. The van der Waals surface area contributed by atoms with Gasteiger partial charge in [0.25, 0.3) is 0 Å². The highest BCUT2D eigenvalue weighted by atomic mass is 16.1. The first kappa shape index (κ1) is 12.6. The lowest BCUT2D eigenvalue weighted by Crippen LogP contribution is -2.44.